The van der Waals surface area contributed by atoms with E-state index in [1.165, 1.54) is 19.4 Å². The first-order valence-corrected chi connectivity index (χ1v) is 11.1. The highest BCUT2D eigenvalue weighted by molar-refractivity contribution is 7.90. The largest absolute Gasteiger partial charge is 0.300 e. The maximum Gasteiger partial charge on any atom is 0.268 e. The average Bonchev–Trinajstić information content (AvgIpc) is 3.32. The molecule has 0 aliphatic carbocycles. The zero-order valence-corrected chi connectivity index (χ0v) is 16.0. The van der Waals surface area contributed by atoms with Crippen molar-refractivity contribution in [1.29, 1.82) is 0 Å². The number of rotatable bonds is 3. The second-order valence-electron chi connectivity index (χ2n) is 7.64. The number of nitrogens with zero attached hydrogens (tertiary/aromatic N) is 3. The molecular formula is C21H23N3O2S. The fourth-order valence-electron chi connectivity index (χ4n) is 4.80. The summed E-state index contributed by atoms with van der Waals surface area (Å²) in [6, 6.07) is 13.2. The number of fused-ring (bicyclic) bond motifs is 2. The van der Waals surface area contributed by atoms with Gasteiger partial charge in [-0.15, -0.1) is 0 Å². The molecule has 2 saturated heterocycles. The molecule has 1 aromatic carbocycles. The third kappa shape index (κ3) is 2.78. The molecule has 0 bridgehead atoms. The van der Waals surface area contributed by atoms with Gasteiger partial charge < -0.3 is 4.90 Å². The molecule has 2 aromatic heterocycles. The van der Waals surface area contributed by atoms with Gasteiger partial charge in [-0.25, -0.2) is 12.4 Å². The molecule has 6 heteroatoms. The van der Waals surface area contributed by atoms with Crippen LogP contribution in [0.1, 0.15) is 37.3 Å². The molecule has 4 heterocycles. The van der Waals surface area contributed by atoms with Crippen molar-refractivity contribution in [2.45, 2.75) is 42.5 Å². The van der Waals surface area contributed by atoms with Gasteiger partial charge in [0, 0.05) is 35.4 Å². The summed E-state index contributed by atoms with van der Waals surface area (Å²) < 4.78 is 28.6. The molecule has 2 fully saturated rings. The fourth-order valence-corrected chi connectivity index (χ4v) is 6.41. The summed E-state index contributed by atoms with van der Waals surface area (Å²) in [6.45, 7) is 2.24. The molecule has 2 aliphatic heterocycles. The van der Waals surface area contributed by atoms with Gasteiger partial charge in [0.25, 0.3) is 10.0 Å². The van der Waals surface area contributed by atoms with E-state index in [0.717, 1.165) is 36.0 Å². The Morgan fingerprint density at radius 1 is 1.04 bits per heavy atom. The van der Waals surface area contributed by atoms with Crippen LogP contribution in [0.15, 0.2) is 59.8 Å². The monoisotopic (exact) mass is 381 g/mol. The fraction of sp³-hybridized carbons (Fsp3) is 0.381. The van der Waals surface area contributed by atoms with Gasteiger partial charge in [0.2, 0.25) is 0 Å². The second kappa shape index (κ2) is 6.46. The Morgan fingerprint density at radius 3 is 2.74 bits per heavy atom. The minimum Gasteiger partial charge on any atom is -0.300 e. The van der Waals surface area contributed by atoms with E-state index in [1.807, 2.05) is 18.2 Å². The van der Waals surface area contributed by atoms with Crippen molar-refractivity contribution >= 4 is 20.9 Å². The van der Waals surface area contributed by atoms with E-state index in [-0.39, 0.29) is 5.92 Å². The minimum atomic E-state index is -3.65. The van der Waals surface area contributed by atoms with Gasteiger partial charge in [0.05, 0.1) is 10.4 Å². The summed E-state index contributed by atoms with van der Waals surface area (Å²) in [4.78, 5) is 7.10. The van der Waals surface area contributed by atoms with Gasteiger partial charge in [0.1, 0.15) is 0 Å². The van der Waals surface area contributed by atoms with E-state index >= 15 is 0 Å². The highest BCUT2D eigenvalue weighted by atomic mass is 32.2. The van der Waals surface area contributed by atoms with E-state index in [4.69, 9.17) is 0 Å². The molecular weight excluding hydrogens is 358 g/mol. The van der Waals surface area contributed by atoms with Crippen molar-refractivity contribution in [3.63, 3.8) is 0 Å². The van der Waals surface area contributed by atoms with Crippen LogP contribution in [0.3, 0.4) is 0 Å². The van der Waals surface area contributed by atoms with Gasteiger partial charge in [-0.1, -0.05) is 18.2 Å². The lowest BCUT2D eigenvalue weighted by Gasteiger charge is -2.35. The highest BCUT2D eigenvalue weighted by Crippen LogP contribution is 2.39. The average molecular weight is 382 g/mol. The number of aromatic nitrogens is 2. The summed E-state index contributed by atoms with van der Waals surface area (Å²) in [7, 11) is -3.65. The summed E-state index contributed by atoms with van der Waals surface area (Å²) in [6.07, 6.45) is 7.96. The summed E-state index contributed by atoms with van der Waals surface area (Å²) in [5.74, 6) is 0.259. The quantitative estimate of drug-likeness (QED) is 0.695. The van der Waals surface area contributed by atoms with Crippen molar-refractivity contribution < 1.29 is 8.42 Å². The van der Waals surface area contributed by atoms with Crippen molar-refractivity contribution in [3.05, 3.63) is 60.6 Å². The van der Waals surface area contributed by atoms with Gasteiger partial charge in [-0.2, -0.15) is 0 Å². The Bertz CT molecular complexity index is 1080. The van der Waals surface area contributed by atoms with E-state index in [0.29, 0.717) is 10.9 Å². The first-order valence-electron chi connectivity index (χ1n) is 9.64. The van der Waals surface area contributed by atoms with Crippen LogP contribution >= 0.6 is 0 Å². The standard InChI is InChI=1S/C21H23N3O2S/c25-27(26,19-6-2-1-3-7-19)24-20-8-10-22-15-17(20)14-21(24)16-9-12-23-11-4-5-18(23)13-16/h1-3,6-8,10,14-16,18H,4-5,9,11-13H2. The summed E-state index contributed by atoms with van der Waals surface area (Å²) in [5.41, 5.74) is 1.63. The Balaban J connectivity index is 1.66. The van der Waals surface area contributed by atoms with Gasteiger partial charge in [-0.05, 0) is 63.0 Å². The molecule has 0 saturated carbocycles. The molecule has 5 rings (SSSR count). The number of pyridine rings is 1. The van der Waals surface area contributed by atoms with Crippen molar-refractivity contribution in [3.8, 4) is 0 Å². The molecule has 3 aromatic rings. The predicted molar refractivity (Wildman–Crippen MR) is 105 cm³/mol. The molecule has 140 valence electrons. The number of hydrogen-bond acceptors (Lipinski definition) is 4. The zero-order chi connectivity index (χ0) is 18.4. The molecule has 0 radical (unpaired) electrons. The molecule has 0 N–H and O–H groups in total. The predicted octanol–water partition coefficient (Wildman–Crippen LogP) is 3.62. The number of hydrogen-bond donors (Lipinski definition) is 0. The van der Waals surface area contributed by atoms with Crippen LogP contribution < -0.4 is 0 Å². The van der Waals surface area contributed by atoms with Crippen molar-refractivity contribution in [2.75, 3.05) is 13.1 Å². The lowest BCUT2D eigenvalue weighted by Crippen LogP contribution is -2.37. The van der Waals surface area contributed by atoms with E-state index in [9.17, 15) is 8.42 Å². The first kappa shape index (κ1) is 17.0. The maximum atomic E-state index is 13.5. The topological polar surface area (TPSA) is 55.2 Å². The lowest BCUT2D eigenvalue weighted by molar-refractivity contribution is 0.179. The number of benzene rings is 1. The summed E-state index contributed by atoms with van der Waals surface area (Å²) >= 11 is 0. The van der Waals surface area contributed by atoms with Crippen LogP contribution in [-0.4, -0.2) is 41.4 Å². The van der Waals surface area contributed by atoms with Gasteiger partial charge >= 0.3 is 0 Å². The minimum absolute atomic E-state index is 0.259. The zero-order valence-electron chi connectivity index (χ0n) is 15.2. The van der Waals surface area contributed by atoms with E-state index < -0.39 is 10.0 Å². The van der Waals surface area contributed by atoms with E-state index in [1.54, 1.807) is 40.6 Å². The molecule has 2 aliphatic rings. The SMILES string of the molecule is O=S(=O)(c1ccccc1)n1c(C2CCN3CCCC3C2)cc2cnccc21. The third-order valence-electron chi connectivity index (χ3n) is 6.10. The Morgan fingerprint density at radius 2 is 1.89 bits per heavy atom. The van der Waals surface area contributed by atoms with Crippen molar-refractivity contribution in [1.82, 2.24) is 13.9 Å². The van der Waals surface area contributed by atoms with Crippen LogP contribution in [-0.2, 0) is 10.0 Å². The van der Waals surface area contributed by atoms with Crippen molar-refractivity contribution in [2.24, 2.45) is 0 Å². The summed E-state index contributed by atoms with van der Waals surface area (Å²) in [5, 5.41) is 0.890. The van der Waals surface area contributed by atoms with E-state index in [2.05, 4.69) is 9.88 Å². The van der Waals surface area contributed by atoms with Gasteiger partial charge in [0.15, 0.2) is 0 Å². The smallest absolute Gasteiger partial charge is 0.268 e. The van der Waals surface area contributed by atoms with Crippen LogP contribution in [0, 0.1) is 0 Å². The highest BCUT2D eigenvalue weighted by Gasteiger charge is 2.35. The molecule has 2 atom stereocenters. The van der Waals surface area contributed by atoms with Crippen LogP contribution in [0.5, 0.6) is 0 Å². The normalized spacial score (nSPS) is 23.6. The molecule has 27 heavy (non-hydrogen) atoms. The number of piperidine rings is 1. The Kier molecular flexibility index (Phi) is 4.06. The first-order chi connectivity index (χ1) is 13.1. The lowest BCUT2D eigenvalue weighted by atomic mass is 9.88. The second-order valence-corrected chi connectivity index (χ2v) is 9.43. The molecule has 0 amide bonds. The van der Waals surface area contributed by atoms with Crippen LogP contribution in [0.25, 0.3) is 10.9 Å². The molecule has 0 spiro atoms. The maximum absolute atomic E-state index is 13.5. The molecule has 2 unspecified atom stereocenters. The van der Waals surface area contributed by atoms with Crippen LogP contribution in [0.2, 0.25) is 0 Å². The Labute approximate surface area is 159 Å². The third-order valence-corrected chi connectivity index (χ3v) is 7.86. The van der Waals surface area contributed by atoms with Gasteiger partial charge in [-0.3, -0.25) is 4.98 Å². The Hall–Kier alpha value is -2.18. The molecule has 5 nitrogen and oxygen atoms in total. The van der Waals surface area contributed by atoms with Crippen LogP contribution in [0.4, 0.5) is 0 Å².